The predicted octanol–water partition coefficient (Wildman–Crippen LogP) is 0.768. The van der Waals surface area contributed by atoms with Gasteiger partial charge in [0.15, 0.2) is 0 Å². The van der Waals surface area contributed by atoms with Gasteiger partial charge in [0.05, 0.1) is 7.11 Å². The molecule has 0 aromatic heterocycles. The van der Waals surface area contributed by atoms with Gasteiger partial charge in [0.1, 0.15) is 5.75 Å². The Balaban J connectivity index is 0.000000902. The summed E-state index contributed by atoms with van der Waals surface area (Å²) in [5.41, 5.74) is 2.75. The molecule has 0 bridgehead atoms. The van der Waals surface area contributed by atoms with Crippen molar-refractivity contribution < 1.29 is 41.2 Å². The summed E-state index contributed by atoms with van der Waals surface area (Å²) in [6, 6.07) is 20.0. The average molecular weight is 369 g/mol. The Morgan fingerprint density at radius 1 is 1.05 bits per heavy atom. The van der Waals surface area contributed by atoms with Gasteiger partial charge in [-0.1, -0.05) is 36.4 Å². The molecule has 2 aromatic carbocycles. The molecule has 0 heterocycles. The minimum atomic E-state index is 0. The summed E-state index contributed by atoms with van der Waals surface area (Å²) < 4.78 is 5.17. The molecule has 1 nitrogen and oxygen atoms in total. The first kappa shape index (κ1) is 16.4. The van der Waals surface area contributed by atoms with Crippen LogP contribution in [0.5, 0.6) is 5.75 Å². The summed E-state index contributed by atoms with van der Waals surface area (Å²) in [5, 5.41) is 0. The van der Waals surface area contributed by atoms with Crippen LogP contribution in [0.1, 0.15) is 29.4 Å². The van der Waals surface area contributed by atoms with E-state index >= 15 is 0 Å². The fourth-order valence-electron chi connectivity index (χ4n) is 2.40. The van der Waals surface area contributed by atoms with Crippen molar-refractivity contribution in [1.82, 2.24) is 0 Å². The van der Waals surface area contributed by atoms with E-state index in [9.17, 15) is 0 Å². The van der Waals surface area contributed by atoms with E-state index in [2.05, 4.69) is 30.3 Å². The number of methoxy groups -OCH3 is 1. The van der Waals surface area contributed by atoms with Crippen LogP contribution in [0.15, 0.2) is 48.5 Å². The quantitative estimate of drug-likeness (QED) is 0.727. The minimum Gasteiger partial charge on any atom is -1.00 e. The van der Waals surface area contributed by atoms with E-state index in [0.717, 1.165) is 5.75 Å². The summed E-state index contributed by atoms with van der Waals surface area (Å²) in [4.78, 5) is 0. The molecule has 0 aliphatic heterocycles. The molecule has 3 heteroatoms. The number of ether oxygens (including phenoxy) is 1. The van der Waals surface area contributed by atoms with Gasteiger partial charge >= 0.3 is 0 Å². The Morgan fingerprint density at radius 3 is 2.37 bits per heavy atom. The summed E-state index contributed by atoms with van der Waals surface area (Å²) in [6.45, 7) is 0. The Kier molecular flexibility index (Phi) is 6.22. The van der Waals surface area contributed by atoms with E-state index in [-0.39, 0.29) is 36.5 Å². The standard InChI is InChI=1S/C16H15O.BrH.Zn/c1-17-14-9-7-13(8-10-14)16-11-15(16)12-5-3-2-4-6-12;;/h2-5,7-10,15-16H,11H2,1H3;1H;/p-1/t15-,16-;;/m1../s1. The second-order valence-electron chi connectivity index (χ2n) is 4.54. The van der Waals surface area contributed by atoms with Crippen LogP contribution in [0.2, 0.25) is 0 Å². The van der Waals surface area contributed by atoms with E-state index in [0.29, 0.717) is 11.8 Å². The molecular weight excluding hydrogens is 353 g/mol. The van der Waals surface area contributed by atoms with E-state index in [1.807, 2.05) is 24.3 Å². The van der Waals surface area contributed by atoms with Crippen molar-refractivity contribution in [1.29, 1.82) is 0 Å². The molecule has 1 radical (unpaired) electrons. The van der Waals surface area contributed by atoms with Gasteiger partial charge in [0, 0.05) is 19.5 Å². The number of halogens is 1. The van der Waals surface area contributed by atoms with Crippen LogP contribution in [0.3, 0.4) is 0 Å². The van der Waals surface area contributed by atoms with E-state index < -0.39 is 0 Å². The summed E-state index contributed by atoms with van der Waals surface area (Å²) in [6.07, 6.45) is 1.24. The Labute approximate surface area is 137 Å². The fourth-order valence-corrected chi connectivity index (χ4v) is 2.40. The molecule has 2 atom stereocenters. The number of hydrogen-bond donors (Lipinski definition) is 0. The van der Waals surface area contributed by atoms with Crippen LogP contribution in [0.25, 0.3) is 0 Å². The second-order valence-corrected chi connectivity index (χ2v) is 4.54. The third-order valence-corrected chi connectivity index (χ3v) is 3.47. The molecule has 0 spiro atoms. The van der Waals surface area contributed by atoms with E-state index in [1.165, 1.54) is 17.5 Å². The van der Waals surface area contributed by atoms with Crippen molar-refractivity contribution in [3.8, 4) is 5.75 Å². The number of hydrogen-bond acceptors (Lipinski definition) is 1. The van der Waals surface area contributed by atoms with Crippen LogP contribution < -0.4 is 21.7 Å². The molecule has 0 saturated heterocycles. The van der Waals surface area contributed by atoms with Gasteiger partial charge in [-0.3, -0.25) is 0 Å². The largest absolute Gasteiger partial charge is 1.00 e. The van der Waals surface area contributed by atoms with Gasteiger partial charge in [-0.05, 0) is 47.6 Å². The molecule has 1 fully saturated rings. The Hall–Kier alpha value is -0.657. The number of benzene rings is 2. The van der Waals surface area contributed by atoms with Gasteiger partial charge in [0.2, 0.25) is 0 Å². The molecule has 2 aromatic rings. The van der Waals surface area contributed by atoms with Crippen LogP contribution in [-0.2, 0) is 19.5 Å². The molecule has 0 N–H and O–H groups in total. The first-order valence-corrected chi connectivity index (χ1v) is 5.99. The minimum absolute atomic E-state index is 0. The molecular formula is C16H15BrOZn-. The van der Waals surface area contributed by atoms with Gasteiger partial charge < -0.3 is 21.7 Å². The maximum absolute atomic E-state index is 5.17. The smallest absolute Gasteiger partial charge is 0.118 e. The summed E-state index contributed by atoms with van der Waals surface area (Å²) in [5.74, 6) is 2.25. The monoisotopic (exact) mass is 366 g/mol. The van der Waals surface area contributed by atoms with Crippen LogP contribution in [0.4, 0.5) is 0 Å². The van der Waals surface area contributed by atoms with Crippen LogP contribution in [-0.4, -0.2) is 7.11 Å². The zero-order chi connectivity index (χ0) is 11.7. The molecule has 3 rings (SSSR count). The van der Waals surface area contributed by atoms with Gasteiger partial charge in [-0.25, -0.2) is 0 Å². The first-order chi connectivity index (χ1) is 8.38. The van der Waals surface area contributed by atoms with Crippen molar-refractivity contribution in [3.05, 3.63) is 65.7 Å². The summed E-state index contributed by atoms with van der Waals surface area (Å²) in [7, 11) is 1.70. The maximum atomic E-state index is 5.17. The van der Waals surface area contributed by atoms with Crippen molar-refractivity contribution in [2.24, 2.45) is 0 Å². The third-order valence-electron chi connectivity index (χ3n) is 3.47. The van der Waals surface area contributed by atoms with Crippen LogP contribution >= 0.6 is 0 Å². The summed E-state index contributed by atoms with van der Waals surface area (Å²) >= 11 is 0. The molecule has 1 saturated carbocycles. The third kappa shape index (κ3) is 3.67. The topological polar surface area (TPSA) is 9.23 Å². The van der Waals surface area contributed by atoms with Gasteiger partial charge in [-0.15, -0.1) is 0 Å². The normalized spacial score (nSPS) is 19.8. The molecule has 0 amide bonds. The zero-order valence-corrected chi connectivity index (χ0v) is 15.5. The van der Waals surface area contributed by atoms with Crippen molar-refractivity contribution >= 4 is 0 Å². The van der Waals surface area contributed by atoms with E-state index in [4.69, 9.17) is 4.74 Å². The molecule has 19 heavy (non-hydrogen) atoms. The number of rotatable bonds is 3. The van der Waals surface area contributed by atoms with Crippen LogP contribution in [0, 0.1) is 6.07 Å². The molecule has 1 aliphatic rings. The molecule has 1 aliphatic carbocycles. The van der Waals surface area contributed by atoms with Crippen molar-refractivity contribution in [3.63, 3.8) is 0 Å². The van der Waals surface area contributed by atoms with Gasteiger partial charge in [-0.2, -0.15) is 0 Å². The Morgan fingerprint density at radius 2 is 1.79 bits per heavy atom. The first-order valence-electron chi connectivity index (χ1n) is 5.99. The fraction of sp³-hybridized carbons (Fsp3) is 0.250. The second kappa shape index (κ2) is 7.21. The molecule has 95 valence electrons. The van der Waals surface area contributed by atoms with Crippen molar-refractivity contribution in [2.45, 2.75) is 18.3 Å². The van der Waals surface area contributed by atoms with E-state index in [1.54, 1.807) is 7.11 Å². The SMILES string of the molecule is COc1ccc([C@H]2C[C@@H]2c2[c]cccc2)cc1.[Br-].[Zn]. The Bertz CT molecular complexity index is 498. The zero-order valence-electron chi connectivity index (χ0n) is 11.0. The van der Waals surface area contributed by atoms with Crippen molar-refractivity contribution in [2.75, 3.05) is 7.11 Å². The van der Waals surface area contributed by atoms with Gasteiger partial charge in [0.25, 0.3) is 0 Å². The predicted molar refractivity (Wildman–Crippen MR) is 68.4 cm³/mol. The maximum Gasteiger partial charge on any atom is 0.118 e. The molecule has 0 unspecified atom stereocenters. The average Bonchev–Trinajstić information content (AvgIpc) is 3.20.